The number of nitrogens with one attached hydrogen (secondary N) is 1. The molecular formula is C15H22N4. The van der Waals surface area contributed by atoms with Crippen molar-refractivity contribution in [2.24, 2.45) is 0 Å². The molecule has 4 heteroatoms. The van der Waals surface area contributed by atoms with Gasteiger partial charge in [0.25, 0.3) is 0 Å². The Kier molecular flexibility index (Phi) is 3.53. The van der Waals surface area contributed by atoms with Crippen LogP contribution in [0.15, 0.2) is 24.3 Å². The highest BCUT2D eigenvalue weighted by molar-refractivity contribution is 5.76. The zero-order chi connectivity index (χ0) is 13.2. The Morgan fingerprint density at radius 3 is 2.68 bits per heavy atom. The number of hydrogen-bond donors (Lipinski definition) is 1. The molecule has 0 bridgehead atoms. The normalized spacial score (nSPS) is 17.4. The van der Waals surface area contributed by atoms with E-state index < -0.39 is 0 Å². The van der Waals surface area contributed by atoms with Gasteiger partial charge in [-0.05, 0) is 26.0 Å². The van der Waals surface area contributed by atoms with E-state index in [4.69, 9.17) is 4.98 Å². The summed E-state index contributed by atoms with van der Waals surface area (Å²) in [5.74, 6) is 1.19. The second-order valence-corrected chi connectivity index (χ2v) is 5.51. The largest absolute Gasteiger partial charge is 0.324 e. The van der Waals surface area contributed by atoms with Gasteiger partial charge in [-0.3, -0.25) is 4.90 Å². The fourth-order valence-electron chi connectivity index (χ4n) is 2.85. The van der Waals surface area contributed by atoms with Gasteiger partial charge in [0.05, 0.1) is 17.6 Å². The molecule has 1 aliphatic rings. The first-order valence-electron chi connectivity index (χ1n) is 7.14. The van der Waals surface area contributed by atoms with Crippen LogP contribution in [0, 0.1) is 0 Å². The highest BCUT2D eigenvalue weighted by Crippen LogP contribution is 2.21. The molecule has 0 saturated carbocycles. The number of rotatable bonds is 3. The van der Waals surface area contributed by atoms with Crippen molar-refractivity contribution < 1.29 is 0 Å². The summed E-state index contributed by atoms with van der Waals surface area (Å²) >= 11 is 0. The summed E-state index contributed by atoms with van der Waals surface area (Å²) in [5.41, 5.74) is 2.36. The minimum Gasteiger partial charge on any atom is -0.324 e. The summed E-state index contributed by atoms with van der Waals surface area (Å²) < 4.78 is 2.37. The van der Waals surface area contributed by atoms with E-state index >= 15 is 0 Å². The summed E-state index contributed by atoms with van der Waals surface area (Å²) in [6, 6.07) is 8.89. The van der Waals surface area contributed by atoms with Crippen LogP contribution < -0.4 is 5.32 Å². The highest BCUT2D eigenvalue weighted by Gasteiger charge is 2.17. The van der Waals surface area contributed by atoms with Crippen molar-refractivity contribution in [1.82, 2.24) is 19.8 Å². The second kappa shape index (κ2) is 5.31. The van der Waals surface area contributed by atoms with Crippen LogP contribution in [0.5, 0.6) is 0 Å². The fourth-order valence-corrected chi connectivity index (χ4v) is 2.85. The molecule has 1 aromatic heterocycles. The molecular weight excluding hydrogens is 236 g/mol. The smallest absolute Gasteiger partial charge is 0.124 e. The molecule has 0 aliphatic carbocycles. The minimum atomic E-state index is 0.449. The molecule has 1 N–H and O–H groups in total. The SMILES string of the molecule is CC(C)n1c(CN2CCNCC2)nc2ccccc21. The second-order valence-electron chi connectivity index (χ2n) is 5.51. The van der Waals surface area contributed by atoms with Crippen LogP contribution >= 0.6 is 0 Å². The van der Waals surface area contributed by atoms with E-state index in [9.17, 15) is 0 Å². The Bertz CT molecular complexity index is 552. The van der Waals surface area contributed by atoms with E-state index in [-0.39, 0.29) is 0 Å². The molecule has 19 heavy (non-hydrogen) atoms. The molecule has 102 valence electrons. The van der Waals surface area contributed by atoms with E-state index in [0.29, 0.717) is 6.04 Å². The van der Waals surface area contributed by atoms with E-state index in [0.717, 1.165) is 38.2 Å². The first kappa shape index (κ1) is 12.6. The Morgan fingerprint density at radius 2 is 1.95 bits per heavy atom. The monoisotopic (exact) mass is 258 g/mol. The van der Waals surface area contributed by atoms with Crippen molar-refractivity contribution in [1.29, 1.82) is 0 Å². The molecule has 1 aromatic carbocycles. The maximum atomic E-state index is 4.83. The molecule has 4 nitrogen and oxygen atoms in total. The lowest BCUT2D eigenvalue weighted by Gasteiger charge is -2.27. The summed E-state index contributed by atoms with van der Waals surface area (Å²) in [5, 5.41) is 3.40. The number of nitrogens with zero attached hydrogens (tertiary/aromatic N) is 3. The van der Waals surface area contributed by atoms with E-state index in [2.05, 4.69) is 52.9 Å². The molecule has 2 heterocycles. The predicted octanol–water partition coefficient (Wildman–Crippen LogP) is 2.02. The Labute approximate surface area is 114 Å². The third kappa shape index (κ3) is 2.51. The van der Waals surface area contributed by atoms with Gasteiger partial charge in [0, 0.05) is 32.2 Å². The van der Waals surface area contributed by atoms with Crippen molar-refractivity contribution >= 4 is 11.0 Å². The van der Waals surface area contributed by atoms with Crippen LogP contribution in [0.2, 0.25) is 0 Å². The summed E-state index contributed by atoms with van der Waals surface area (Å²) in [7, 11) is 0. The van der Waals surface area contributed by atoms with Crippen molar-refractivity contribution in [2.45, 2.75) is 26.4 Å². The van der Waals surface area contributed by atoms with Crippen LogP contribution in [0.25, 0.3) is 11.0 Å². The minimum absolute atomic E-state index is 0.449. The third-order valence-electron chi connectivity index (χ3n) is 3.76. The van der Waals surface area contributed by atoms with Crippen LogP contribution in [0.3, 0.4) is 0 Å². The van der Waals surface area contributed by atoms with Crippen molar-refractivity contribution in [2.75, 3.05) is 26.2 Å². The molecule has 3 rings (SSSR count). The average Bonchev–Trinajstić information content (AvgIpc) is 2.77. The lowest BCUT2D eigenvalue weighted by Crippen LogP contribution is -2.43. The molecule has 0 unspecified atom stereocenters. The zero-order valence-corrected chi connectivity index (χ0v) is 11.8. The van der Waals surface area contributed by atoms with E-state index in [1.807, 2.05) is 0 Å². The van der Waals surface area contributed by atoms with Gasteiger partial charge in [0.2, 0.25) is 0 Å². The molecule has 0 amide bonds. The number of piperazine rings is 1. The van der Waals surface area contributed by atoms with Gasteiger partial charge in [0.1, 0.15) is 5.82 Å². The Hall–Kier alpha value is -1.39. The maximum Gasteiger partial charge on any atom is 0.124 e. The predicted molar refractivity (Wildman–Crippen MR) is 78.3 cm³/mol. The van der Waals surface area contributed by atoms with Crippen molar-refractivity contribution in [3.63, 3.8) is 0 Å². The van der Waals surface area contributed by atoms with E-state index in [1.165, 1.54) is 11.3 Å². The number of benzene rings is 1. The molecule has 2 aromatic rings. The van der Waals surface area contributed by atoms with Crippen LogP contribution in [-0.2, 0) is 6.54 Å². The lowest BCUT2D eigenvalue weighted by molar-refractivity contribution is 0.224. The highest BCUT2D eigenvalue weighted by atomic mass is 15.2. The Balaban J connectivity index is 1.95. The van der Waals surface area contributed by atoms with Crippen LogP contribution in [0.1, 0.15) is 25.7 Å². The number of para-hydroxylation sites is 2. The number of hydrogen-bond acceptors (Lipinski definition) is 3. The van der Waals surface area contributed by atoms with Gasteiger partial charge in [-0.15, -0.1) is 0 Å². The molecule has 1 saturated heterocycles. The number of imidazole rings is 1. The number of aromatic nitrogens is 2. The quantitative estimate of drug-likeness (QED) is 0.914. The van der Waals surface area contributed by atoms with Gasteiger partial charge in [0.15, 0.2) is 0 Å². The summed E-state index contributed by atoms with van der Waals surface area (Å²) in [4.78, 5) is 7.31. The topological polar surface area (TPSA) is 33.1 Å². The third-order valence-corrected chi connectivity index (χ3v) is 3.76. The fraction of sp³-hybridized carbons (Fsp3) is 0.533. The zero-order valence-electron chi connectivity index (χ0n) is 11.8. The number of fused-ring (bicyclic) bond motifs is 1. The summed E-state index contributed by atoms with van der Waals surface area (Å²) in [6.45, 7) is 9.81. The van der Waals surface area contributed by atoms with Gasteiger partial charge in [-0.25, -0.2) is 4.98 Å². The van der Waals surface area contributed by atoms with Crippen LogP contribution in [-0.4, -0.2) is 40.6 Å². The van der Waals surface area contributed by atoms with E-state index in [1.54, 1.807) is 0 Å². The Morgan fingerprint density at radius 1 is 1.21 bits per heavy atom. The van der Waals surface area contributed by atoms with Gasteiger partial charge >= 0.3 is 0 Å². The first-order chi connectivity index (χ1) is 9.25. The van der Waals surface area contributed by atoms with Crippen molar-refractivity contribution in [3.8, 4) is 0 Å². The van der Waals surface area contributed by atoms with Gasteiger partial charge in [-0.1, -0.05) is 12.1 Å². The maximum absolute atomic E-state index is 4.83. The molecule has 0 atom stereocenters. The molecule has 0 spiro atoms. The van der Waals surface area contributed by atoms with Crippen LogP contribution in [0.4, 0.5) is 0 Å². The van der Waals surface area contributed by atoms with Crippen molar-refractivity contribution in [3.05, 3.63) is 30.1 Å². The van der Waals surface area contributed by atoms with Gasteiger partial charge < -0.3 is 9.88 Å². The average molecular weight is 258 g/mol. The standard InChI is InChI=1S/C15H22N4/c1-12(2)19-14-6-4-3-5-13(14)17-15(19)11-18-9-7-16-8-10-18/h3-6,12,16H,7-11H2,1-2H3. The molecule has 1 aliphatic heterocycles. The summed E-state index contributed by atoms with van der Waals surface area (Å²) in [6.07, 6.45) is 0. The molecule has 1 fully saturated rings. The first-order valence-corrected chi connectivity index (χ1v) is 7.14. The van der Waals surface area contributed by atoms with Gasteiger partial charge in [-0.2, -0.15) is 0 Å². The molecule has 0 radical (unpaired) electrons. The lowest BCUT2D eigenvalue weighted by atomic mass is 10.3.